The van der Waals surface area contributed by atoms with Gasteiger partial charge >= 0.3 is 6.18 Å². The van der Waals surface area contributed by atoms with E-state index in [-0.39, 0.29) is 29.6 Å². The molecule has 4 aromatic rings. The molecule has 0 saturated heterocycles. The van der Waals surface area contributed by atoms with Gasteiger partial charge in [0.05, 0.1) is 22.9 Å². The van der Waals surface area contributed by atoms with Gasteiger partial charge in [-0.25, -0.2) is 4.98 Å². The fourth-order valence-corrected chi connectivity index (χ4v) is 2.74. The maximum absolute atomic E-state index is 13.5. The van der Waals surface area contributed by atoms with Crippen LogP contribution in [-0.4, -0.2) is 26.7 Å². The van der Waals surface area contributed by atoms with E-state index in [4.69, 9.17) is 9.26 Å². The molecule has 2 aromatic heterocycles. The van der Waals surface area contributed by atoms with Gasteiger partial charge in [-0.2, -0.15) is 18.2 Å². The number of aromatic amines is 1. The third-order valence-corrected chi connectivity index (χ3v) is 4.11. The van der Waals surface area contributed by atoms with Crippen molar-refractivity contribution in [3.8, 4) is 28.6 Å². The molecule has 0 unspecified atom stereocenters. The second-order valence-electron chi connectivity index (χ2n) is 6.51. The maximum Gasteiger partial charge on any atom is 0.419 e. The van der Waals surface area contributed by atoms with Crippen LogP contribution in [-0.2, 0) is 6.18 Å². The first-order valence-corrected chi connectivity index (χ1v) is 8.57. The molecule has 0 bridgehead atoms. The fraction of sp³-hybridized carbons (Fsp3) is 0.150. The van der Waals surface area contributed by atoms with E-state index < -0.39 is 11.7 Å². The van der Waals surface area contributed by atoms with E-state index in [1.54, 1.807) is 25.4 Å². The van der Waals surface area contributed by atoms with Gasteiger partial charge in [0.2, 0.25) is 5.82 Å². The summed E-state index contributed by atoms with van der Waals surface area (Å²) < 4.78 is 50.9. The Balaban J connectivity index is 1.68. The number of hydrogen-bond donors (Lipinski definition) is 1. The quantitative estimate of drug-likeness (QED) is 0.463. The van der Waals surface area contributed by atoms with Crippen molar-refractivity contribution in [3.05, 3.63) is 60.4 Å². The van der Waals surface area contributed by atoms with Crippen LogP contribution in [0.1, 0.15) is 12.5 Å². The number of halogens is 3. The van der Waals surface area contributed by atoms with Crippen LogP contribution in [0.5, 0.6) is 5.75 Å². The van der Waals surface area contributed by atoms with Crippen molar-refractivity contribution >= 4 is 11.0 Å². The van der Waals surface area contributed by atoms with Crippen LogP contribution in [0.2, 0.25) is 0 Å². The first kappa shape index (κ1) is 18.7. The summed E-state index contributed by atoms with van der Waals surface area (Å²) in [4.78, 5) is 11.4. The summed E-state index contributed by atoms with van der Waals surface area (Å²) in [7, 11) is 0. The highest BCUT2D eigenvalue weighted by Crippen LogP contribution is 2.39. The number of ether oxygens (including phenoxy) is 1. The topological polar surface area (TPSA) is 76.8 Å². The van der Waals surface area contributed by atoms with E-state index in [1.807, 2.05) is 6.07 Å². The van der Waals surface area contributed by atoms with Gasteiger partial charge in [-0.15, -0.1) is 0 Å². The average Bonchev–Trinajstić information content (AvgIpc) is 3.34. The number of aromatic nitrogens is 4. The van der Waals surface area contributed by atoms with Gasteiger partial charge in [0.1, 0.15) is 12.4 Å². The minimum Gasteiger partial charge on any atom is -0.489 e. The number of hydrogen-bond acceptors (Lipinski definition) is 5. The molecule has 29 heavy (non-hydrogen) atoms. The summed E-state index contributed by atoms with van der Waals surface area (Å²) in [6.45, 7) is 5.29. The number of H-pyrrole nitrogens is 1. The van der Waals surface area contributed by atoms with Crippen molar-refractivity contribution in [2.24, 2.45) is 0 Å². The number of rotatable bonds is 5. The summed E-state index contributed by atoms with van der Waals surface area (Å²) >= 11 is 0. The highest BCUT2D eigenvalue weighted by molar-refractivity contribution is 5.80. The number of fused-ring (bicyclic) bond motifs is 1. The SMILES string of the molecule is C=C(C)COc1ccc(-c2nc(-c3ccc4[nH]cnc4c3)no2)cc1C(F)(F)F. The van der Waals surface area contributed by atoms with E-state index in [9.17, 15) is 13.2 Å². The third-order valence-electron chi connectivity index (χ3n) is 4.11. The Morgan fingerprint density at radius 2 is 1.97 bits per heavy atom. The Morgan fingerprint density at radius 1 is 1.17 bits per heavy atom. The average molecular weight is 400 g/mol. The van der Waals surface area contributed by atoms with Crippen LogP contribution in [0.3, 0.4) is 0 Å². The zero-order valence-corrected chi connectivity index (χ0v) is 15.2. The first-order chi connectivity index (χ1) is 13.8. The number of alkyl halides is 3. The standard InChI is InChI=1S/C20H15F3N4O2/c1-11(2)9-28-17-6-4-13(7-14(17)20(21,22)23)19-26-18(27-29-19)12-3-5-15-16(8-12)25-10-24-15/h3-8,10H,1,9H2,2H3,(H,24,25). The predicted octanol–water partition coefficient (Wildman–Crippen LogP) is 5.25. The highest BCUT2D eigenvalue weighted by atomic mass is 19.4. The van der Waals surface area contributed by atoms with Crippen LogP contribution < -0.4 is 4.74 Å². The van der Waals surface area contributed by atoms with Gasteiger partial charge in [-0.3, -0.25) is 0 Å². The van der Waals surface area contributed by atoms with Gasteiger partial charge in [-0.05, 0) is 48.9 Å². The predicted molar refractivity (Wildman–Crippen MR) is 100 cm³/mol. The molecule has 9 heteroatoms. The van der Waals surface area contributed by atoms with E-state index in [2.05, 4.69) is 26.7 Å². The minimum absolute atomic E-state index is 0.0111. The van der Waals surface area contributed by atoms with Crippen molar-refractivity contribution in [3.63, 3.8) is 0 Å². The normalized spacial score (nSPS) is 11.7. The molecule has 0 amide bonds. The van der Waals surface area contributed by atoms with Crippen molar-refractivity contribution in [2.45, 2.75) is 13.1 Å². The molecule has 4 rings (SSSR count). The monoisotopic (exact) mass is 400 g/mol. The van der Waals surface area contributed by atoms with Gasteiger partial charge in [-0.1, -0.05) is 11.7 Å². The molecule has 0 radical (unpaired) electrons. The summed E-state index contributed by atoms with van der Waals surface area (Å²) in [5.74, 6) is -0.0619. The molecule has 0 aliphatic heterocycles. The molecule has 0 atom stereocenters. The molecular formula is C20H15F3N4O2. The zero-order valence-electron chi connectivity index (χ0n) is 15.2. The van der Waals surface area contributed by atoms with Gasteiger partial charge in [0.15, 0.2) is 0 Å². The molecule has 6 nitrogen and oxygen atoms in total. The molecule has 0 spiro atoms. The van der Waals surface area contributed by atoms with Crippen molar-refractivity contribution < 1.29 is 22.4 Å². The van der Waals surface area contributed by atoms with Crippen LogP contribution in [0.25, 0.3) is 33.9 Å². The summed E-state index contributed by atoms with van der Waals surface area (Å²) in [5.41, 5.74) is 2.02. The first-order valence-electron chi connectivity index (χ1n) is 8.57. The van der Waals surface area contributed by atoms with Crippen LogP contribution >= 0.6 is 0 Å². The molecule has 0 saturated carbocycles. The van der Waals surface area contributed by atoms with E-state index in [0.29, 0.717) is 16.7 Å². The van der Waals surface area contributed by atoms with E-state index in [0.717, 1.165) is 11.6 Å². The lowest BCUT2D eigenvalue weighted by Gasteiger charge is -2.14. The van der Waals surface area contributed by atoms with Crippen molar-refractivity contribution in [2.75, 3.05) is 6.61 Å². The lowest BCUT2D eigenvalue weighted by atomic mass is 10.1. The zero-order chi connectivity index (χ0) is 20.6. The van der Waals surface area contributed by atoms with Gasteiger partial charge < -0.3 is 14.2 Å². The third kappa shape index (κ3) is 3.84. The molecule has 1 N–H and O–H groups in total. The van der Waals surface area contributed by atoms with Crippen LogP contribution in [0, 0.1) is 0 Å². The summed E-state index contributed by atoms with van der Waals surface area (Å²) in [5, 5.41) is 3.88. The molecule has 2 heterocycles. The maximum atomic E-state index is 13.5. The van der Waals surface area contributed by atoms with E-state index in [1.165, 1.54) is 12.1 Å². The lowest BCUT2D eigenvalue weighted by molar-refractivity contribution is -0.138. The molecule has 0 fully saturated rings. The smallest absolute Gasteiger partial charge is 0.419 e. The molecule has 0 aliphatic carbocycles. The number of nitrogens with zero attached hydrogens (tertiary/aromatic N) is 3. The Morgan fingerprint density at radius 3 is 2.72 bits per heavy atom. The number of benzene rings is 2. The number of nitrogens with one attached hydrogen (secondary N) is 1. The fourth-order valence-electron chi connectivity index (χ4n) is 2.74. The van der Waals surface area contributed by atoms with Crippen molar-refractivity contribution in [1.29, 1.82) is 0 Å². The lowest BCUT2D eigenvalue weighted by Crippen LogP contribution is -2.10. The Labute approximate surface area is 163 Å². The Bertz CT molecular complexity index is 1190. The minimum atomic E-state index is -4.60. The Kier molecular flexibility index (Phi) is 4.57. The molecule has 2 aromatic carbocycles. The molecule has 148 valence electrons. The molecule has 0 aliphatic rings. The largest absolute Gasteiger partial charge is 0.489 e. The second-order valence-corrected chi connectivity index (χ2v) is 6.51. The summed E-state index contributed by atoms with van der Waals surface area (Å²) in [6.07, 6.45) is -3.04. The van der Waals surface area contributed by atoms with Crippen LogP contribution in [0.4, 0.5) is 13.2 Å². The van der Waals surface area contributed by atoms with Crippen molar-refractivity contribution in [1.82, 2.24) is 20.1 Å². The van der Waals surface area contributed by atoms with E-state index >= 15 is 0 Å². The summed E-state index contributed by atoms with van der Waals surface area (Å²) in [6, 6.07) is 8.95. The molecular weight excluding hydrogens is 385 g/mol. The highest BCUT2D eigenvalue weighted by Gasteiger charge is 2.35. The Hall–Kier alpha value is -3.62. The second kappa shape index (κ2) is 7.08. The number of imidazole rings is 1. The van der Waals surface area contributed by atoms with Crippen LogP contribution in [0.15, 0.2) is 59.4 Å². The van der Waals surface area contributed by atoms with Gasteiger partial charge in [0, 0.05) is 11.1 Å². The van der Waals surface area contributed by atoms with Gasteiger partial charge in [0.25, 0.3) is 5.89 Å².